The molecule has 0 spiro atoms. The Kier molecular flexibility index (Phi) is 24.8. The predicted octanol–water partition coefficient (Wildman–Crippen LogP) is 8.83. The Balaban J connectivity index is 1.85. The standard InChI is InChI=1S/C40H74N4O6S2/c1-3-5-7-9-11-13-15-17-21-27-39-41(33-35-43(39)31-25-37-51(45,46)47)29-23-19-20-24-30-42-34-36-44(32-26-38-52(48,49)50)40(42)28-22-18-16-14-12-10-8-6-4-2/h33-36H,3-32,37-38H2,1-2H3/p+2. The zero-order valence-electron chi connectivity index (χ0n) is 33.1. The first-order valence-electron chi connectivity index (χ1n) is 21.1. The molecule has 0 saturated carbocycles. The topological polar surface area (TPSA) is 126 Å². The van der Waals surface area contributed by atoms with Crippen molar-refractivity contribution in [1.82, 2.24) is 9.13 Å². The summed E-state index contributed by atoms with van der Waals surface area (Å²) >= 11 is 0. The Bertz CT molecular complexity index is 1300. The summed E-state index contributed by atoms with van der Waals surface area (Å²) in [5.41, 5.74) is 0. The van der Waals surface area contributed by atoms with Crippen LogP contribution >= 0.6 is 0 Å². The summed E-state index contributed by atoms with van der Waals surface area (Å²) in [6.45, 7) is 7.58. The molecule has 2 heterocycles. The van der Waals surface area contributed by atoms with Gasteiger partial charge in [0.25, 0.3) is 31.9 Å². The fraction of sp³-hybridized carbons (Fsp3) is 0.850. The van der Waals surface area contributed by atoms with Gasteiger partial charge in [-0.1, -0.05) is 117 Å². The minimum Gasteiger partial charge on any atom is -0.286 e. The second-order valence-corrected chi connectivity index (χ2v) is 18.2. The number of imidazole rings is 2. The molecule has 0 aliphatic heterocycles. The van der Waals surface area contributed by atoms with E-state index < -0.39 is 20.2 Å². The van der Waals surface area contributed by atoms with Gasteiger partial charge in [0.05, 0.1) is 37.7 Å². The summed E-state index contributed by atoms with van der Waals surface area (Å²) < 4.78 is 72.7. The molecule has 0 fully saturated rings. The smallest absolute Gasteiger partial charge is 0.265 e. The first-order valence-corrected chi connectivity index (χ1v) is 24.3. The highest BCUT2D eigenvalue weighted by Gasteiger charge is 2.19. The summed E-state index contributed by atoms with van der Waals surface area (Å²) in [6, 6.07) is 0. The quantitative estimate of drug-likeness (QED) is 0.0410. The molecule has 2 aromatic heterocycles. The number of rotatable bonds is 35. The van der Waals surface area contributed by atoms with Gasteiger partial charge in [-0.25, -0.2) is 18.3 Å². The average molecular weight is 773 g/mol. The molecule has 2 N–H and O–H groups in total. The van der Waals surface area contributed by atoms with Crippen molar-refractivity contribution in [3.05, 3.63) is 36.4 Å². The molecule has 2 aromatic rings. The van der Waals surface area contributed by atoms with Crippen molar-refractivity contribution < 1.29 is 35.1 Å². The van der Waals surface area contributed by atoms with E-state index in [0.717, 1.165) is 64.5 Å². The van der Waals surface area contributed by atoms with Crippen LogP contribution in [0.5, 0.6) is 0 Å². The lowest BCUT2D eigenvalue weighted by Gasteiger charge is -2.07. The van der Waals surface area contributed by atoms with Crippen molar-refractivity contribution in [1.29, 1.82) is 0 Å². The van der Waals surface area contributed by atoms with Crippen molar-refractivity contribution in [3.63, 3.8) is 0 Å². The van der Waals surface area contributed by atoms with Gasteiger partial charge in [-0.15, -0.1) is 0 Å². The van der Waals surface area contributed by atoms with Crippen LogP contribution in [-0.2, 0) is 59.3 Å². The van der Waals surface area contributed by atoms with Crippen molar-refractivity contribution in [2.24, 2.45) is 0 Å². The van der Waals surface area contributed by atoms with Gasteiger partial charge in [0.15, 0.2) is 0 Å². The maximum atomic E-state index is 11.3. The van der Waals surface area contributed by atoms with Gasteiger partial charge in [0.1, 0.15) is 24.8 Å². The first kappa shape index (κ1) is 46.4. The van der Waals surface area contributed by atoms with Gasteiger partial charge in [-0.05, 0) is 38.5 Å². The molecule has 0 bridgehead atoms. The van der Waals surface area contributed by atoms with E-state index in [0.29, 0.717) is 25.9 Å². The van der Waals surface area contributed by atoms with Gasteiger partial charge in [-0.3, -0.25) is 9.11 Å². The Labute approximate surface area is 318 Å². The molecule has 12 heteroatoms. The summed E-state index contributed by atoms with van der Waals surface area (Å²) in [6.07, 6.45) is 38.7. The van der Waals surface area contributed by atoms with Crippen LogP contribution in [0, 0.1) is 0 Å². The van der Waals surface area contributed by atoms with Crippen molar-refractivity contribution in [3.8, 4) is 0 Å². The van der Waals surface area contributed by atoms with E-state index in [4.69, 9.17) is 0 Å². The highest BCUT2D eigenvalue weighted by atomic mass is 32.2. The van der Waals surface area contributed by atoms with E-state index in [-0.39, 0.29) is 11.5 Å². The van der Waals surface area contributed by atoms with E-state index in [1.165, 1.54) is 114 Å². The van der Waals surface area contributed by atoms with Crippen LogP contribution in [0.1, 0.15) is 180 Å². The monoisotopic (exact) mass is 773 g/mol. The number of unbranched alkanes of at least 4 members (excludes halogenated alkanes) is 19. The highest BCUT2D eigenvalue weighted by molar-refractivity contribution is 7.86. The average Bonchev–Trinajstić information content (AvgIpc) is 3.66. The van der Waals surface area contributed by atoms with Crippen LogP contribution in [0.4, 0.5) is 0 Å². The number of hydrogen-bond donors (Lipinski definition) is 2. The van der Waals surface area contributed by atoms with Gasteiger partial charge < -0.3 is 0 Å². The van der Waals surface area contributed by atoms with Crippen molar-refractivity contribution >= 4 is 20.2 Å². The maximum Gasteiger partial charge on any atom is 0.265 e. The number of nitrogens with zero attached hydrogens (tertiary/aromatic N) is 4. The van der Waals surface area contributed by atoms with Crippen LogP contribution in [0.2, 0.25) is 0 Å². The Morgan fingerprint density at radius 1 is 0.462 bits per heavy atom. The molecule has 0 amide bonds. The lowest BCUT2D eigenvalue weighted by Crippen LogP contribution is -2.38. The van der Waals surface area contributed by atoms with Crippen LogP contribution in [0.25, 0.3) is 0 Å². The van der Waals surface area contributed by atoms with E-state index in [2.05, 4.69) is 56.9 Å². The molecule has 0 radical (unpaired) electrons. The predicted molar refractivity (Wildman–Crippen MR) is 212 cm³/mol. The molecule has 0 saturated heterocycles. The van der Waals surface area contributed by atoms with Crippen LogP contribution in [0.3, 0.4) is 0 Å². The normalized spacial score (nSPS) is 12.3. The Hall–Kier alpha value is -1.76. The lowest BCUT2D eigenvalue weighted by molar-refractivity contribution is -0.703. The zero-order chi connectivity index (χ0) is 37.9. The van der Waals surface area contributed by atoms with Crippen LogP contribution in [-0.4, -0.2) is 46.6 Å². The van der Waals surface area contributed by atoms with Crippen molar-refractivity contribution in [2.45, 2.75) is 207 Å². The summed E-state index contributed by atoms with van der Waals surface area (Å²) in [5.74, 6) is 2.08. The SMILES string of the molecule is CCCCCCCCCCCc1n(CCCCCCn2cc[n+](CCCS(=O)(=O)O)c2CCCCCCCCCCC)cc[n+]1CCCS(=O)(=O)O. The third-order valence-corrected chi connectivity index (χ3v) is 11.9. The lowest BCUT2D eigenvalue weighted by atomic mass is 10.1. The highest BCUT2D eigenvalue weighted by Crippen LogP contribution is 2.15. The largest absolute Gasteiger partial charge is 0.286 e. The Morgan fingerprint density at radius 3 is 1.10 bits per heavy atom. The molecule has 10 nitrogen and oxygen atoms in total. The minimum absolute atomic E-state index is 0.213. The van der Waals surface area contributed by atoms with E-state index in [9.17, 15) is 25.9 Å². The maximum absolute atomic E-state index is 11.3. The van der Waals surface area contributed by atoms with Gasteiger partial charge in [0, 0.05) is 25.7 Å². The van der Waals surface area contributed by atoms with Crippen molar-refractivity contribution in [2.75, 3.05) is 11.5 Å². The second kappa shape index (κ2) is 27.8. The van der Waals surface area contributed by atoms with Gasteiger partial charge >= 0.3 is 0 Å². The minimum atomic E-state index is -3.96. The van der Waals surface area contributed by atoms with E-state index >= 15 is 0 Å². The first-order chi connectivity index (χ1) is 25.0. The molecular weight excluding hydrogens is 697 g/mol. The molecule has 0 aliphatic carbocycles. The molecule has 0 unspecified atom stereocenters. The Morgan fingerprint density at radius 2 is 0.769 bits per heavy atom. The fourth-order valence-corrected chi connectivity index (χ4v) is 8.31. The molecule has 302 valence electrons. The summed E-state index contributed by atoms with van der Waals surface area (Å²) in [7, 11) is -7.91. The summed E-state index contributed by atoms with van der Waals surface area (Å²) in [5, 5.41) is 0. The second-order valence-electron chi connectivity index (χ2n) is 15.1. The molecule has 0 atom stereocenters. The molecule has 52 heavy (non-hydrogen) atoms. The van der Waals surface area contributed by atoms with Gasteiger partial charge in [0.2, 0.25) is 0 Å². The number of hydrogen-bond acceptors (Lipinski definition) is 4. The molecular formula is C40H76N4O6S2+2. The third-order valence-electron chi connectivity index (χ3n) is 10.3. The number of aryl methyl sites for hydroxylation is 4. The van der Waals surface area contributed by atoms with Crippen LogP contribution in [0.15, 0.2) is 24.8 Å². The third kappa shape index (κ3) is 22.5. The van der Waals surface area contributed by atoms with E-state index in [1.807, 2.05) is 0 Å². The van der Waals surface area contributed by atoms with Crippen LogP contribution < -0.4 is 9.13 Å². The summed E-state index contributed by atoms with van der Waals surface area (Å²) in [4.78, 5) is 0. The zero-order valence-corrected chi connectivity index (χ0v) is 34.7. The fourth-order valence-electron chi connectivity index (χ4n) is 7.32. The van der Waals surface area contributed by atoms with E-state index in [1.54, 1.807) is 0 Å². The number of aromatic nitrogens is 4. The van der Waals surface area contributed by atoms with Gasteiger partial charge in [-0.2, -0.15) is 16.8 Å². The molecule has 0 aliphatic rings. The molecule has 0 aromatic carbocycles. The molecule has 2 rings (SSSR count).